The lowest BCUT2D eigenvalue weighted by Gasteiger charge is -2.45. The van der Waals surface area contributed by atoms with Crippen LogP contribution >= 0.6 is 0 Å². The summed E-state index contributed by atoms with van der Waals surface area (Å²) in [6.45, 7) is 1.46. The molecule has 5 aromatic carbocycles. The summed E-state index contributed by atoms with van der Waals surface area (Å²) >= 11 is 0. The fourth-order valence-corrected chi connectivity index (χ4v) is 6.11. The molecule has 0 N–H and O–H groups in total. The molecule has 5 atom stereocenters. The number of fused-ring (bicyclic) bond motifs is 1. The number of aliphatic imine (C=N–C) groups is 1. The van der Waals surface area contributed by atoms with E-state index in [1.165, 1.54) is 0 Å². The van der Waals surface area contributed by atoms with Crippen LogP contribution in [0.5, 0.6) is 0 Å². The molecule has 2 aliphatic heterocycles. The molecule has 8 nitrogen and oxygen atoms in total. The Kier molecular flexibility index (Phi) is 11.2. The van der Waals surface area contributed by atoms with Gasteiger partial charge in [0, 0.05) is 5.56 Å². The van der Waals surface area contributed by atoms with Gasteiger partial charge in [-0.2, -0.15) is 4.99 Å². The van der Waals surface area contributed by atoms with Crippen molar-refractivity contribution in [3.63, 3.8) is 0 Å². The first-order valence-electron chi connectivity index (χ1n) is 16.8. The minimum absolute atomic E-state index is 0.179. The third kappa shape index (κ3) is 8.42. The minimum Gasteiger partial charge on any atom is -0.444 e. The molecule has 8 heteroatoms. The smallest absolute Gasteiger partial charge is 0.281 e. The highest BCUT2D eigenvalue weighted by Gasteiger charge is 2.50. The molecule has 7 rings (SSSR count). The molecule has 2 aliphatic rings. The summed E-state index contributed by atoms with van der Waals surface area (Å²) in [5, 5.41) is 0. The zero-order chi connectivity index (χ0) is 34.0. The van der Waals surface area contributed by atoms with E-state index in [4.69, 9.17) is 28.4 Å². The van der Waals surface area contributed by atoms with Crippen LogP contribution in [0.25, 0.3) is 0 Å². The maximum Gasteiger partial charge on any atom is 0.281 e. The molecular formula is C42H39NO7. The van der Waals surface area contributed by atoms with Gasteiger partial charge in [-0.05, 0) is 34.4 Å². The Morgan fingerprint density at radius 3 is 1.48 bits per heavy atom. The molecule has 2 heterocycles. The SMILES string of the molecule is O=C1N=C(OC2O[C@H](COCc3ccccc3)[C@@H](OCc3ccccc3)[C@H](OCc3ccccc3)[C@H]2OCc2ccccc2)c2ccccc21. The van der Waals surface area contributed by atoms with Crippen LogP contribution in [0.1, 0.15) is 38.2 Å². The molecule has 1 saturated heterocycles. The summed E-state index contributed by atoms with van der Waals surface area (Å²) in [4.78, 5) is 17.1. The summed E-state index contributed by atoms with van der Waals surface area (Å²) < 4.78 is 39.7. The lowest BCUT2D eigenvalue weighted by atomic mass is 9.97. The number of carbonyl (C=O) groups is 1. The predicted molar refractivity (Wildman–Crippen MR) is 188 cm³/mol. The van der Waals surface area contributed by atoms with Crippen molar-refractivity contribution < 1.29 is 33.2 Å². The van der Waals surface area contributed by atoms with Crippen LogP contribution in [0.15, 0.2) is 151 Å². The lowest BCUT2D eigenvalue weighted by Crippen LogP contribution is -2.62. The second-order valence-electron chi connectivity index (χ2n) is 12.2. The third-order valence-electron chi connectivity index (χ3n) is 8.66. The van der Waals surface area contributed by atoms with E-state index >= 15 is 0 Å². The van der Waals surface area contributed by atoms with E-state index in [1.807, 2.05) is 133 Å². The first-order chi connectivity index (χ1) is 24.7. The molecule has 0 aliphatic carbocycles. The number of amides is 1. The molecule has 50 heavy (non-hydrogen) atoms. The normalized spacial score (nSPS) is 21.4. The summed E-state index contributed by atoms with van der Waals surface area (Å²) in [5.74, 6) is -0.185. The molecule has 0 saturated carbocycles. The minimum atomic E-state index is -1.01. The Hall–Kier alpha value is -4.96. The third-order valence-corrected chi connectivity index (χ3v) is 8.66. The van der Waals surface area contributed by atoms with Gasteiger partial charge >= 0.3 is 0 Å². The fourth-order valence-electron chi connectivity index (χ4n) is 6.11. The molecule has 254 valence electrons. The molecule has 0 radical (unpaired) electrons. The number of ether oxygens (including phenoxy) is 6. The van der Waals surface area contributed by atoms with Crippen molar-refractivity contribution in [3.8, 4) is 0 Å². The summed E-state index contributed by atoms with van der Waals surface area (Å²) in [7, 11) is 0. The van der Waals surface area contributed by atoms with Crippen LogP contribution in [-0.2, 0) is 54.8 Å². The van der Waals surface area contributed by atoms with Crippen molar-refractivity contribution >= 4 is 11.8 Å². The van der Waals surface area contributed by atoms with Gasteiger partial charge in [0.2, 0.25) is 12.2 Å². The van der Waals surface area contributed by atoms with Crippen molar-refractivity contribution in [2.75, 3.05) is 6.61 Å². The number of hydrogen-bond acceptors (Lipinski definition) is 7. The summed E-state index contributed by atoms with van der Waals surface area (Å²) in [6, 6.07) is 47.0. The van der Waals surface area contributed by atoms with Gasteiger partial charge in [-0.15, -0.1) is 0 Å². The van der Waals surface area contributed by atoms with Gasteiger partial charge < -0.3 is 28.4 Å². The van der Waals surface area contributed by atoms with Crippen LogP contribution in [0.2, 0.25) is 0 Å². The molecule has 0 spiro atoms. The van der Waals surface area contributed by atoms with E-state index < -0.39 is 30.7 Å². The summed E-state index contributed by atoms with van der Waals surface area (Å²) in [5.41, 5.74) is 5.09. The van der Waals surface area contributed by atoms with Crippen LogP contribution in [0, 0.1) is 0 Å². The van der Waals surface area contributed by atoms with Gasteiger partial charge in [-0.3, -0.25) is 4.79 Å². The maximum atomic E-state index is 12.8. The number of rotatable bonds is 14. The molecule has 5 aromatic rings. The van der Waals surface area contributed by atoms with Gasteiger partial charge in [-0.1, -0.05) is 133 Å². The van der Waals surface area contributed by atoms with Crippen molar-refractivity contribution in [1.29, 1.82) is 0 Å². The summed E-state index contributed by atoms with van der Waals surface area (Å²) in [6.07, 6.45) is -3.71. The van der Waals surface area contributed by atoms with Gasteiger partial charge in [0.15, 0.2) is 0 Å². The highest BCUT2D eigenvalue weighted by atomic mass is 16.7. The predicted octanol–water partition coefficient (Wildman–Crippen LogP) is 7.30. The van der Waals surface area contributed by atoms with Crippen LogP contribution < -0.4 is 0 Å². The molecule has 0 aromatic heterocycles. The highest BCUT2D eigenvalue weighted by Crippen LogP contribution is 2.33. The second kappa shape index (κ2) is 16.6. The van der Waals surface area contributed by atoms with Crippen LogP contribution in [0.4, 0.5) is 0 Å². The fraction of sp³-hybridized carbons (Fsp3) is 0.238. The second-order valence-corrected chi connectivity index (χ2v) is 12.2. The Bertz CT molecular complexity index is 1840. The average Bonchev–Trinajstić information content (AvgIpc) is 3.49. The van der Waals surface area contributed by atoms with Crippen molar-refractivity contribution in [3.05, 3.63) is 179 Å². The number of benzene rings is 5. The number of hydrogen-bond donors (Lipinski definition) is 0. The van der Waals surface area contributed by atoms with E-state index in [0.717, 1.165) is 22.3 Å². The number of nitrogens with zero attached hydrogens (tertiary/aromatic N) is 1. The van der Waals surface area contributed by atoms with Gasteiger partial charge in [0.25, 0.3) is 5.91 Å². The first-order valence-corrected chi connectivity index (χ1v) is 16.8. The van der Waals surface area contributed by atoms with Gasteiger partial charge in [-0.25, -0.2) is 0 Å². The topological polar surface area (TPSA) is 84.8 Å². The first kappa shape index (κ1) is 33.5. The molecule has 1 unspecified atom stereocenters. The molecule has 1 amide bonds. The van der Waals surface area contributed by atoms with Crippen LogP contribution in [0.3, 0.4) is 0 Å². The zero-order valence-electron chi connectivity index (χ0n) is 27.6. The van der Waals surface area contributed by atoms with E-state index in [9.17, 15) is 4.79 Å². The Labute approximate surface area is 292 Å². The van der Waals surface area contributed by atoms with Crippen LogP contribution in [-0.4, -0.2) is 49.1 Å². The zero-order valence-corrected chi connectivity index (χ0v) is 27.6. The monoisotopic (exact) mass is 669 g/mol. The van der Waals surface area contributed by atoms with Crippen molar-refractivity contribution in [1.82, 2.24) is 0 Å². The van der Waals surface area contributed by atoms with E-state index in [0.29, 0.717) is 30.9 Å². The Morgan fingerprint density at radius 2 is 0.940 bits per heavy atom. The van der Waals surface area contributed by atoms with E-state index in [2.05, 4.69) is 4.99 Å². The quantitative estimate of drug-likeness (QED) is 0.123. The Morgan fingerprint density at radius 1 is 0.500 bits per heavy atom. The molecule has 0 bridgehead atoms. The Balaban J connectivity index is 1.22. The molecule has 1 fully saturated rings. The van der Waals surface area contributed by atoms with Crippen molar-refractivity contribution in [2.24, 2.45) is 4.99 Å². The standard InChI is InChI=1S/C42H39NO7/c44-40-34-23-13-14-24-35(34)41(43-40)50-42-39(48-28-33-21-11-4-12-22-33)38(47-27-32-19-9-3-10-20-32)37(46-26-31-17-7-2-8-18-31)36(49-42)29-45-25-30-15-5-1-6-16-30/h1-24,36-39,42H,25-29H2/t36-,37-,38+,39-,42?/m1/s1. The largest absolute Gasteiger partial charge is 0.444 e. The van der Waals surface area contributed by atoms with Crippen molar-refractivity contribution in [2.45, 2.75) is 57.1 Å². The lowest BCUT2D eigenvalue weighted by molar-refractivity contribution is -0.312. The van der Waals surface area contributed by atoms with E-state index in [-0.39, 0.29) is 25.0 Å². The number of carbonyl (C=O) groups excluding carboxylic acids is 1. The maximum absolute atomic E-state index is 12.8. The van der Waals surface area contributed by atoms with Gasteiger partial charge in [0.1, 0.15) is 24.4 Å². The van der Waals surface area contributed by atoms with Gasteiger partial charge in [0.05, 0.1) is 38.6 Å². The average molecular weight is 670 g/mol. The van der Waals surface area contributed by atoms with E-state index in [1.54, 1.807) is 12.1 Å². The molecular weight excluding hydrogens is 630 g/mol. The highest BCUT2D eigenvalue weighted by molar-refractivity contribution is 6.18.